The lowest BCUT2D eigenvalue weighted by molar-refractivity contribution is -0.150. The third-order valence-electron chi connectivity index (χ3n) is 5.66. The number of hydrogen-bond donors (Lipinski definition) is 1. The molecule has 0 aromatic heterocycles. The van der Waals surface area contributed by atoms with Crippen LogP contribution in [0.5, 0.6) is 5.75 Å². The zero-order valence-corrected chi connectivity index (χ0v) is 19.0. The highest BCUT2D eigenvalue weighted by Gasteiger charge is 2.44. The molecule has 2 atom stereocenters. The maximum atomic E-state index is 13.0. The Bertz CT molecular complexity index is 1280. The fourth-order valence-electron chi connectivity index (χ4n) is 3.97. The number of esters is 1. The number of benzene rings is 3. The van der Waals surface area contributed by atoms with Gasteiger partial charge in [-0.25, -0.2) is 0 Å². The van der Waals surface area contributed by atoms with Gasteiger partial charge in [-0.1, -0.05) is 54.6 Å². The molecule has 0 saturated heterocycles. The molecule has 0 bridgehead atoms. The minimum absolute atomic E-state index is 0.334. The first-order valence-electron chi connectivity index (χ1n) is 10.3. The number of thioether (sulfide) groups is 1. The van der Waals surface area contributed by atoms with E-state index in [2.05, 4.69) is 29.6 Å². The SMILES string of the molecule is COC(=O)[C@@H]1C(=O)NC(SCc2ccc3ccccc3c2)=C(C#N)[C@@H]1c1ccc(OC)cc1. The zero-order chi connectivity index (χ0) is 23.4. The van der Waals surface area contributed by atoms with E-state index in [1.807, 2.05) is 24.3 Å². The maximum absolute atomic E-state index is 13.0. The number of carbonyl (C=O) groups is 2. The van der Waals surface area contributed by atoms with Crippen molar-refractivity contribution in [1.82, 2.24) is 5.32 Å². The first-order valence-corrected chi connectivity index (χ1v) is 11.3. The Kier molecular flexibility index (Phi) is 6.66. The molecule has 7 heteroatoms. The fraction of sp³-hybridized carbons (Fsp3) is 0.192. The van der Waals surface area contributed by atoms with E-state index in [9.17, 15) is 14.9 Å². The van der Waals surface area contributed by atoms with E-state index in [0.717, 1.165) is 16.3 Å². The molecule has 33 heavy (non-hydrogen) atoms. The minimum Gasteiger partial charge on any atom is -0.497 e. The van der Waals surface area contributed by atoms with Crippen LogP contribution in [-0.4, -0.2) is 26.1 Å². The second-order valence-corrected chi connectivity index (χ2v) is 8.55. The lowest BCUT2D eigenvalue weighted by atomic mass is 9.78. The monoisotopic (exact) mass is 458 g/mol. The normalized spacial score (nSPS) is 17.9. The molecule has 1 heterocycles. The molecule has 6 nitrogen and oxygen atoms in total. The second kappa shape index (κ2) is 9.80. The number of nitrogens with zero attached hydrogens (tertiary/aromatic N) is 1. The molecule has 0 saturated carbocycles. The minimum atomic E-state index is -1.15. The number of hydrogen-bond acceptors (Lipinski definition) is 6. The highest BCUT2D eigenvalue weighted by atomic mass is 32.2. The van der Waals surface area contributed by atoms with Gasteiger partial charge in [0.25, 0.3) is 0 Å². The number of nitriles is 1. The third-order valence-corrected chi connectivity index (χ3v) is 6.74. The third kappa shape index (κ3) is 4.57. The van der Waals surface area contributed by atoms with Gasteiger partial charge in [0.05, 0.1) is 30.9 Å². The van der Waals surface area contributed by atoms with Crippen LogP contribution in [0.1, 0.15) is 17.0 Å². The van der Waals surface area contributed by atoms with E-state index >= 15 is 0 Å². The molecule has 1 amide bonds. The van der Waals surface area contributed by atoms with Gasteiger partial charge in [0, 0.05) is 11.7 Å². The van der Waals surface area contributed by atoms with Gasteiger partial charge in [-0.15, -0.1) is 11.8 Å². The van der Waals surface area contributed by atoms with Gasteiger partial charge in [-0.3, -0.25) is 9.59 Å². The van der Waals surface area contributed by atoms with E-state index < -0.39 is 23.7 Å². The van der Waals surface area contributed by atoms with Crippen molar-refractivity contribution in [3.8, 4) is 11.8 Å². The molecule has 0 aliphatic carbocycles. The molecule has 4 rings (SSSR count). The summed E-state index contributed by atoms with van der Waals surface area (Å²) in [7, 11) is 2.79. The van der Waals surface area contributed by atoms with Crippen LogP contribution >= 0.6 is 11.8 Å². The van der Waals surface area contributed by atoms with Gasteiger partial charge in [0.2, 0.25) is 5.91 Å². The molecule has 0 spiro atoms. The number of fused-ring (bicyclic) bond motifs is 1. The average Bonchev–Trinajstić information content (AvgIpc) is 2.86. The molecular weight excluding hydrogens is 436 g/mol. The summed E-state index contributed by atoms with van der Waals surface area (Å²) in [5, 5.41) is 15.5. The average molecular weight is 459 g/mol. The number of nitrogens with one attached hydrogen (secondary N) is 1. The van der Waals surface area contributed by atoms with E-state index in [1.165, 1.54) is 18.9 Å². The zero-order valence-electron chi connectivity index (χ0n) is 18.2. The highest BCUT2D eigenvalue weighted by Crippen LogP contribution is 2.41. The smallest absolute Gasteiger partial charge is 0.319 e. The van der Waals surface area contributed by atoms with Crippen molar-refractivity contribution in [3.05, 3.63) is 88.5 Å². The van der Waals surface area contributed by atoms with Gasteiger partial charge < -0.3 is 14.8 Å². The summed E-state index contributed by atoms with van der Waals surface area (Å²) in [4.78, 5) is 25.5. The summed E-state index contributed by atoms with van der Waals surface area (Å²) in [6.07, 6.45) is 0. The number of ether oxygens (including phenoxy) is 2. The predicted octanol–water partition coefficient (Wildman–Crippen LogP) is 4.52. The van der Waals surface area contributed by atoms with Crippen LogP contribution in [0.3, 0.4) is 0 Å². The number of methoxy groups -OCH3 is 2. The quantitative estimate of drug-likeness (QED) is 0.432. The Morgan fingerprint density at radius 1 is 1.06 bits per heavy atom. The summed E-state index contributed by atoms with van der Waals surface area (Å²) in [6.45, 7) is 0. The van der Waals surface area contributed by atoms with Crippen LogP contribution in [0.15, 0.2) is 77.3 Å². The van der Waals surface area contributed by atoms with Crippen LogP contribution in [0.2, 0.25) is 0 Å². The van der Waals surface area contributed by atoms with E-state index in [4.69, 9.17) is 9.47 Å². The second-order valence-electron chi connectivity index (χ2n) is 7.57. The van der Waals surface area contributed by atoms with Crippen LogP contribution in [-0.2, 0) is 20.1 Å². The van der Waals surface area contributed by atoms with E-state index in [-0.39, 0.29) is 0 Å². The number of amides is 1. The summed E-state index contributed by atoms with van der Waals surface area (Å²) < 4.78 is 10.1. The Morgan fingerprint density at radius 2 is 1.79 bits per heavy atom. The van der Waals surface area contributed by atoms with Gasteiger partial charge in [0.15, 0.2) is 0 Å². The summed E-state index contributed by atoms with van der Waals surface area (Å²) in [5.41, 5.74) is 2.07. The molecule has 1 N–H and O–H groups in total. The van der Waals surface area contributed by atoms with Crippen molar-refractivity contribution in [1.29, 1.82) is 5.26 Å². The molecule has 166 valence electrons. The number of rotatable bonds is 6. The van der Waals surface area contributed by atoms with Gasteiger partial charge in [-0.05, 0) is 34.0 Å². The highest BCUT2D eigenvalue weighted by molar-refractivity contribution is 8.02. The largest absolute Gasteiger partial charge is 0.497 e. The van der Waals surface area contributed by atoms with Crippen molar-refractivity contribution < 1.29 is 19.1 Å². The lowest BCUT2D eigenvalue weighted by Crippen LogP contribution is -2.44. The molecule has 0 fully saturated rings. The van der Waals surface area contributed by atoms with Crippen molar-refractivity contribution in [2.75, 3.05) is 14.2 Å². The van der Waals surface area contributed by atoms with Crippen molar-refractivity contribution in [2.45, 2.75) is 11.7 Å². The summed E-state index contributed by atoms with van der Waals surface area (Å²) in [5.74, 6) is -1.86. The van der Waals surface area contributed by atoms with Gasteiger partial charge in [-0.2, -0.15) is 5.26 Å². The molecule has 1 aliphatic heterocycles. The number of carbonyl (C=O) groups excluding carboxylic acids is 2. The maximum Gasteiger partial charge on any atom is 0.319 e. The number of allylic oxidation sites excluding steroid dienone is 1. The molecule has 3 aromatic carbocycles. The first kappa shape index (κ1) is 22.4. The first-order chi connectivity index (χ1) is 16.0. The Labute approximate surface area is 196 Å². The van der Waals surface area contributed by atoms with E-state index in [1.54, 1.807) is 31.4 Å². The molecule has 3 aromatic rings. The Morgan fingerprint density at radius 3 is 2.45 bits per heavy atom. The molecular formula is C26H22N2O4S. The van der Waals surface area contributed by atoms with Crippen molar-refractivity contribution >= 4 is 34.4 Å². The molecule has 1 aliphatic rings. The lowest BCUT2D eigenvalue weighted by Gasteiger charge is -2.31. The van der Waals surface area contributed by atoms with Gasteiger partial charge >= 0.3 is 5.97 Å². The summed E-state index contributed by atoms with van der Waals surface area (Å²) >= 11 is 1.37. The van der Waals surface area contributed by atoms with Crippen molar-refractivity contribution in [3.63, 3.8) is 0 Å². The molecule has 0 unspecified atom stereocenters. The topological polar surface area (TPSA) is 88.4 Å². The Balaban J connectivity index is 1.69. The van der Waals surface area contributed by atoms with E-state index in [0.29, 0.717) is 27.7 Å². The molecule has 0 radical (unpaired) electrons. The van der Waals surface area contributed by atoms with Crippen LogP contribution in [0.25, 0.3) is 10.8 Å². The van der Waals surface area contributed by atoms with Crippen LogP contribution in [0, 0.1) is 17.2 Å². The van der Waals surface area contributed by atoms with Crippen molar-refractivity contribution in [2.24, 2.45) is 5.92 Å². The standard InChI is InChI=1S/C26H22N2O4S/c1-31-20-11-9-18(10-12-20)22-21(14-27)25(28-24(29)23(22)26(30)32-2)33-15-16-7-8-17-5-3-4-6-19(17)13-16/h3-13,22-23H,15H2,1-2H3,(H,28,29)/t22-,23-/m0/s1. The fourth-order valence-corrected chi connectivity index (χ4v) is 4.97. The summed E-state index contributed by atoms with van der Waals surface area (Å²) in [6, 6.07) is 23.5. The Hall–Kier alpha value is -3.76. The van der Waals surface area contributed by atoms with Crippen LogP contribution in [0.4, 0.5) is 0 Å². The van der Waals surface area contributed by atoms with Crippen LogP contribution < -0.4 is 10.1 Å². The van der Waals surface area contributed by atoms with Gasteiger partial charge in [0.1, 0.15) is 11.7 Å². The predicted molar refractivity (Wildman–Crippen MR) is 127 cm³/mol.